The van der Waals surface area contributed by atoms with Crippen LogP contribution in [0.15, 0.2) is 36.7 Å². The predicted molar refractivity (Wildman–Crippen MR) is 96.7 cm³/mol. The van der Waals surface area contributed by atoms with Gasteiger partial charge in [-0.2, -0.15) is 8.78 Å². The number of halogens is 2. The number of ether oxygens (including phenoxy) is 1. The van der Waals surface area contributed by atoms with Gasteiger partial charge in [-0.15, -0.1) is 0 Å². The number of hydrogen-bond acceptors (Lipinski definition) is 6. The summed E-state index contributed by atoms with van der Waals surface area (Å²) in [5.74, 6) is 1.90. The maximum atomic E-state index is 12.5. The van der Waals surface area contributed by atoms with E-state index in [2.05, 4.69) is 30.2 Å². The summed E-state index contributed by atoms with van der Waals surface area (Å²) >= 11 is 0. The average Bonchev–Trinajstić information content (AvgIpc) is 3.11. The molecule has 1 unspecified atom stereocenters. The van der Waals surface area contributed by atoms with Gasteiger partial charge in [-0.25, -0.2) is 9.97 Å². The van der Waals surface area contributed by atoms with Gasteiger partial charge in [0, 0.05) is 44.4 Å². The summed E-state index contributed by atoms with van der Waals surface area (Å²) < 4.78 is 29.6. The molecule has 26 heavy (non-hydrogen) atoms. The second kappa shape index (κ2) is 8.75. The van der Waals surface area contributed by atoms with E-state index in [-0.39, 0.29) is 5.75 Å². The summed E-state index contributed by atoms with van der Waals surface area (Å²) in [4.78, 5) is 10.8. The Morgan fingerprint density at radius 2 is 2.15 bits per heavy atom. The van der Waals surface area contributed by atoms with Gasteiger partial charge >= 0.3 is 6.61 Å². The molecule has 1 aromatic carbocycles. The van der Waals surface area contributed by atoms with Gasteiger partial charge in [0.25, 0.3) is 0 Å². The fraction of sp³-hybridized carbons (Fsp3) is 0.444. The van der Waals surface area contributed by atoms with E-state index in [0.717, 1.165) is 43.1 Å². The lowest BCUT2D eigenvalue weighted by Gasteiger charge is -2.26. The number of nitrogens with zero attached hydrogens (tertiary/aromatic N) is 3. The van der Waals surface area contributed by atoms with Crippen LogP contribution in [0.25, 0.3) is 0 Å². The van der Waals surface area contributed by atoms with Crippen molar-refractivity contribution in [3.63, 3.8) is 0 Å². The van der Waals surface area contributed by atoms with E-state index in [1.54, 1.807) is 24.5 Å². The number of para-hydroxylation sites is 1. The van der Waals surface area contributed by atoms with E-state index >= 15 is 0 Å². The number of rotatable bonds is 8. The summed E-state index contributed by atoms with van der Waals surface area (Å²) in [6.07, 6.45) is 3.71. The molecular formula is C18H23F2N5O. The first kappa shape index (κ1) is 18.3. The minimum atomic E-state index is -2.82. The van der Waals surface area contributed by atoms with Gasteiger partial charge in [-0.3, -0.25) is 0 Å². The maximum absolute atomic E-state index is 12.5. The van der Waals surface area contributed by atoms with Crippen LogP contribution in [0.4, 0.5) is 20.4 Å². The third-order valence-electron chi connectivity index (χ3n) is 4.46. The lowest BCUT2D eigenvalue weighted by Crippen LogP contribution is -2.38. The fourth-order valence-corrected chi connectivity index (χ4v) is 3.22. The molecule has 1 aliphatic heterocycles. The Bertz CT molecular complexity index is 715. The average molecular weight is 363 g/mol. The highest BCUT2D eigenvalue weighted by Crippen LogP contribution is 2.25. The first-order valence-electron chi connectivity index (χ1n) is 8.67. The van der Waals surface area contributed by atoms with Crippen molar-refractivity contribution < 1.29 is 13.5 Å². The zero-order chi connectivity index (χ0) is 18.4. The topological polar surface area (TPSA) is 62.3 Å². The number of nitrogens with one attached hydrogen (secondary N) is 2. The molecule has 1 aliphatic rings. The smallest absolute Gasteiger partial charge is 0.387 e. The molecule has 140 valence electrons. The molecule has 2 aromatic rings. The van der Waals surface area contributed by atoms with Crippen molar-refractivity contribution >= 4 is 11.6 Å². The molecule has 1 fully saturated rings. The van der Waals surface area contributed by atoms with Crippen LogP contribution in [0.1, 0.15) is 18.4 Å². The Morgan fingerprint density at radius 3 is 2.96 bits per heavy atom. The van der Waals surface area contributed by atoms with Crippen molar-refractivity contribution in [2.24, 2.45) is 0 Å². The molecule has 0 bridgehead atoms. The molecule has 0 spiro atoms. The zero-order valence-corrected chi connectivity index (χ0v) is 14.7. The van der Waals surface area contributed by atoms with E-state index in [1.165, 1.54) is 0 Å². The highest BCUT2D eigenvalue weighted by Gasteiger charge is 2.25. The van der Waals surface area contributed by atoms with Crippen molar-refractivity contribution in [2.75, 3.05) is 30.4 Å². The van der Waals surface area contributed by atoms with Gasteiger partial charge in [-0.05, 0) is 18.9 Å². The van der Waals surface area contributed by atoms with Crippen LogP contribution in [-0.4, -0.2) is 42.8 Å². The summed E-state index contributed by atoms with van der Waals surface area (Å²) in [7, 11) is 1.83. The molecule has 2 N–H and O–H groups in total. The van der Waals surface area contributed by atoms with Gasteiger partial charge < -0.3 is 20.3 Å². The van der Waals surface area contributed by atoms with Crippen LogP contribution < -0.4 is 20.3 Å². The summed E-state index contributed by atoms with van der Waals surface area (Å²) in [5.41, 5.74) is 0.719. The molecule has 1 aromatic heterocycles. The predicted octanol–water partition coefficient (Wildman–Crippen LogP) is 2.88. The monoisotopic (exact) mass is 363 g/mol. The van der Waals surface area contributed by atoms with Gasteiger partial charge in [0.05, 0.1) is 0 Å². The van der Waals surface area contributed by atoms with E-state index in [4.69, 9.17) is 0 Å². The molecule has 1 atom stereocenters. The number of alkyl halides is 2. The molecule has 2 heterocycles. The summed E-state index contributed by atoms with van der Waals surface area (Å²) in [5, 5.41) is 6.38. The van der Waals surface area contributed by atoms with Crippen LogP contribution >= 0.6 is 0 Å². The summed E-state index contributed by atoms with van der Waals surface area (Å²) in [6, 6.07) is 9.10. The standard InChI is InChI=1S/C18H23F2N5O/c1-21-16-9-17(24-12-23-16)25-8-4-6-14(25)11-22-10-13-5-2-3-7-15(13)26-18(19)20/h2-3,5,7,9,12,14,18,22H,4,6,8,10-11H2,1H3,(H,21,23,24). The first-order valence-corrected chi connectivity index (χ1v) is 8.67. The van der Waals surface area contributed by atoms with Crippen molar-refractivity contribution in [2.45, 2.75) is 32.0 Å². The Balaban J connectivity index is 1.59. The molecule has 0 aliphatic carbocycles. The van der Waals surface area contributed by atoms with E-state index < -0.39 is 6.61 Å². The van der Waals surface area contributed by atoms with Crippen LogP contribution in [0.2, 0.25) is 0 Å². The van der Waals surface area contributed by atoms with Crippen molar-refractivity contribution in [3.05, 3.63) is 42.2 Å². The first-order chi connectivity index (χ1) is 12.7. The molecule has 8 heteroatoms. The second-order valence-electron chi connectivity index (χ2n) is 6.12. The number of hydrogen-bond donors (Lipinski definition) is 2. The lowest BCUT2D eigenvalue weighted by atomic mass is 10.2. The summed E-state index contributed by atoms with van der Waals surface area (Å²) in [6.45, 7) is -0.668. The van der Waals surface area contributed by atoms with Gasteiger partial charge in [-0.1, -0.05) is 18.2 Å². The normalized spacial score (nSPS) is 16.9. The minimum absolute atomic E-state index is 0.216. The van der Waals surface area contributed by atoms with E-state index in [1.807, 2.05) is 19.2 Å². The van der Waals surface area contributed by atoms with E-state index in [9.17, 15) is 8.78 Å². The van der Waals surface area contributed by atoms with Crippen molar-refractivity contribution in [3.8, 4) is 5.75 Å². The second-order valence-corrected chi connectivity index (χ2v) is 6.12. The van der Waals surface area contributed by atoms with Crippen LogP contribution in [0.5, 0.6) is 5.75 Å². The zero-order valence-electron chi connectivity index (χ0n) is 14.7. The molecule has 0 radical (unpaired) electrons. The minimum Gasteiger partial charge on any atom is -0.434 e. The van der Waals surface area contributed by atoms with Gasteiger partial charge in [0.15, 0.2) is 0 Å². The van der Waals surface area contributed by atoms with Crippen molar-refractivity contribution in [1.29, 1.82) is 0 Å². The van der Waals surface area contributed by atoms with Crippen LogP contribution in [0, 0.1) is 0 Å². The highest BCUT2D eigenvalue weighted by atomic mass is 19.3. The Hall–Kier alpha value is -2.48. The third kappa shape index (κ3) is 4.57. The van der Waals surface area contributed by atoms with Gasteiger partial charge in [0.1, 0.15) is 23.7 Å². The van der Waals surface area contributed by atoms with Crippen molar-refractivity contribution in [1.82, 2.24) is 15.3 Å². The lowest BCUT2D eigenvalue weighted by molar-refractivity contribution is -0.0504. The SMILES string of the molecule is CNc1cc(N2CCCC2CNCc2ccccc2OC(F)F)ncn1. The highest BCUT2D eigenvalue weighted by molar-refractivity contribution is 5.49. The maximum Gasteiger partial charge on any atom is 0.387 e. The van der Waals surface area contributed by atoms with Gasteiger partial charge in [0.2, 0.25) is 0 Å². The van der Waals surface area contributed by atoms with Crippen LogP contribution in [-0.2, 0) is 6.54 Å². The number of benzene rings is 1. The molecule has 6 nitrogen and oxygen atoms in total. The van der Waals surface area contributed by atoms with E-state index in [0.29, 0.717) is 12.6 Å². The molecule has 0 amide bonds. The quantitative estimate of drug-likeness (QED) is 0.752. The fourth-order valence-electron chi connectivity index (χ4n) is 3.22. The molecule has 3 rings (SSSR count). The Morgan fingerprint density at radius 1 is 1.31 bits per heavy atom. The molecule has 1 saturated heterocycles. The Kier molecular flexibility index (Phi) is 6.17. The van der Waals surface area contributed by atoms with Crippen LogP contribution in [0.3, 0.4) is 0 Å². The largest absolute Gasteiger partial charge is 0.434 e. The third-order valence-corrected chi connectivity index (χ3v) is 4.46. The Labute approximate surface area is 151 Å². The molecular weight excluding hydrogens is 340 g/mol. The number of aromatic nitrogens is 2. The molecule has 0 saturated carbocycles. The number of anilines is 2.